The number of thioether (sulfide) groups is 1. The zero-order valence-corrected chi connectivity index (χ0v) is 18.2. The fourth-order valence-corrected chi connectivity index (χ4v) is 3.75. The quantitative estimate of drug-likeness (QED) is 0.380. The van der Waals surface area contributed by atoms with Gasteiger partial charge in [-0.3, -0.25) is 9.59 Å². The number of Topliss-reactive ketones (excluding diaryl/α,β-unsaturated/α-hetero) is 1. The second-order valence-corrected chi connectivity index (χ2v) is 8.88. The number of rotatable bonds is 8. The Bertz CT molecular complexity index is 612. The third-order valence-electron chi connectivity index (χ3n) is 4.59. The Labute approximate surface area is 171 Å². The zero-order chi connectivity index (χ0) is 19.2. The van der Waals surface area contributed by atoms with Crippen LogP contribution in [0.3, 0.4) is 0 Å². The Balaban J connectivity index is 0.00000364. The third kappa shape index (κ3) is 7.08. The lowest BCUT2D eigenvalue weighted by molar-refractivity contribution is -0.127. The van der Waals surface area contributed by atoms with E-state index in [1.54, 1.807) is 0 Å². The molecule has 2 N–H and O–H groups in total. The molecule has 1 aromatic rings. The van der Waals surface area contributed by atoms with E-state index in [-0.39, 0.29) is 35.9 Å². The molecule has 0 unspecified atom stereocenters. The summed E-state index contributed by atoms with van der Waals surface area (Å²) >= 11 is 1.40. The van der Waals surface area contributed by atoms with Crippen LogP contribution in [-0.4, -0.2) is 47.3 Å². The second kappa shape index (κ2) is 11.0. The van der Waals surface area contributed by atoms with Gasteiger partial charge < -0.3 is 15.1 Å². The number of nitrogens with zero attached hydrogens (tertiary/aromatic N) is 2. The normalized spacial score (nSPS) is 16.4. The zero-order valence-electron chi connectivity index (χ0n) is 16.5. The minimum atomic E-state index is -0.687. The number of hydrogen-bond acceptors (Lipinski definition) is 7. The van der Waals surface area contributed by atoms with Gasteiger partial charge in [-0.15, -0.1) is 22.6 Å². The summed E-state index contributed by atoms with van der Waals surface area (Å²) in [7, 11) is 1.87. The predicted molar refractivity (Wildman–Crippen MR) is 108 cm³/mol. The van der Waals surface area contributed by atoms with Gasteiger partial charge in [-0.1, -0.05) is 51.8 Å². The molecule has 9 heteroatoms. The minimum absolute atomic E-state index is 0. The lowest BCUT2D eigenvalue weighted by Crippen LogP contribution is -2.51. The first-order valence-corrected chi connectivity index (χ1v) is 10.3. The van der Waals surface area contributed by atoms with Crippen molar-refractivity contribution in [2.24, 2.45) is 11.3 Å². The SMILES string of the molecule is CNCCSc1nnc(C(=O)[C@@H](NC(=O)C2CCCCC2)C(C)(C)C)o1.Cl. The predicted octanol–water partition coefficient (Wildman–Crippen LogP) is 3.10. The maximum atomic E-state index is 12.9. The lowest BCUT2D eigenvalue weighted by atomic mass is 9.82. The fraction of sp³-hybridized carbons (Fsp3) is 0.778. The molecule has 154 valence electrons. The van der Waals surface area contributed by atoms with Crippen molar-refractivity contribution in [1.82, 2.24) is 20.8 Å². The summed E-state index contributed by atoms with van der Waals surface area (Å²) in [5.74, 6) is 0.362. The maximum absolute atomic E-state index is 12.9. The largest absolute Gasteiger partial charge is 0.408 e. The molecule has 1 aliphatic carbocycles. The summed E-state index contributed by atoms with van der Waals surface area (Å²) in [6.07, 6.45) is 5.11. The molecule has 2 rings (SSSR count). The van der Waals surface area contributed by atoms with Gasteiger partial charge in [0.15, 0.2) is 0 Å². The van der Waals surface area contributed by atoms with Gasteiger partial charge in [0.2, 0.25) is 11.7 Å². The summed E-state index contributed by atoms with van der Waals surface area (Å²) in [6.45, 7) is 6.58. The Hall–Kier alpha value is -1.12. The van der Waals surface area contributed by atoms with Crippen LogP contribution in [0, 0.1) is 11.3 Å². The van der Waals surface area contributed by atoms with Crippen LogP contribution >= 0.6 is 24.2 Å². The van der Waals surface area contributed by atoms with Crippen LogP contribution in [0.5, 0.6) is 0 Å². The number of carbonyl (C=O) groups is 2. The van der Waals surface area contributed by atoms with E-state index in [0.29, 0.717) is 5.22 Å². The highest BCUT2D eigenvalue weighted by molar-refractivity contribution is 7.99. The van der Waals surface area contributed by atoms with Crippen LogP contribution in [0.25, 0.3) is 0 Å². The van der Waals surface area contributed by atoms with Crippen molar-refractivity contribution in [1.29, 1.82) is 0 Å². The summed E-state index contributed by atoms with van der Waals surface area (Å²) in [6, 6.07) is -0.687. The Morgan fingerprint density at radius 3 is 2.48 bits per heavy atom. The number of carbonyl (C=O) groups excluding carboxylic acids is 2. The van der Waals surface area contributed by atoms with E-state index in [9.17, 15) is 9.59 Å². The fourth-order valence-electron chi connectivity index (χ4n) is 3.03. The third-order valence-corrected chi connectivity index (χ3v) is 5.41. The molecule has 0 spiro atoms. The van der Waals surface area contributed by atoms with Crippen molar-refractivity contribution in [2.45, 2.75) is 64.1 Å². The summed E-state index contributed by atoms with van der Waals surface area (Å²) in [5.41, 5.74) is -0.449. The first-order valence-electron chi connectivity index (χ1n) is 9.28. The molecule has 1 aromatic heterocycles. The van der Waals surface area contributed by atoms with Gasteiger partial charge in [0, 0.05) is 18.2 Å². The smallest absolute Gasteiger partial charge is 0.286 e. The minimum Gasteiger partial charge on any atom is -0.408 e. The summed E-state index contributed by atoms with van der Waals surface area (Å²) < 4.78 is 5.51. The molecule has 27 heavy (non-hydrogen) atoms. The topological polar surface area (TPSA) is 97.1 Å². The Morgan fingerprint density at radius 2 is 1.89 bits per heavy atom. The molecule has 7 nitrogen and oxygen atoms in total. The van der Waals surface area contributed by atoms with Crippen LogP contribution in [0.2, 0.25) is 0 Å². The number of amides is 1. The number of halogens is 1. The number of nitrogens with one attached hydrogen (secondary N) is 2. The van der Waals surface area contributed by atoms with Crippen molar-refractivity contribution in [3.05, 3.63) is 5.89 Å². The van der Waals surface area contributed by atoms with Gasteiger partial charge >= 0.3 is 0 Å². The molecule has 0 bridgehead atoms. The molecule has 0 aliphatic heterocycles. The van der Waals surface area contributed by atoms with E-state index < -0.39 is 11.5 Å². The van der Waals surface area contributed by atoms with Gasteiger partial charge in [-0.05, 0) is 25.3 Å². The molecular formula is C18H31ClN4O3S. The van der Waals surface area contributed by atoms with Crippen molar-refractivity contribution in [3.63, 3.8) is 0 Å². The summed E-state index contributed by atoms with van der Waals surface area (Å²) in [4.78, 5) is 25.6. The molecule has 1 atom stereocenters. The molecule has 1 heterocycles. The van der Waals surface area contributed by atoms with E-state index in [1.165, 1.54) is 18.2 Å². The Morgan fingerprint density at radius 1 is 1.22 bits per heavy atom. The van der Waals surface area contributed by atoms with Gasteiger partial charge in [-0.25, -0.2) is 0 Å². The van der Waals surface area contributed by atoms with E-state index >= 15 is 0 Å². The molecule has 0 radical (unpaired) electrons. The first kappa shape index (κ1) is 23.9. The Kier molecular flexibility index (Phi) is 9.76. The van der Waals surface area contributed by atoms with E-state index in [1.807, 2.05) is 27.8 Å². The standard InChI is InChI=1S/C18H30N4O3S.ClH/c1-18(2,3)14(20-15(24)12-8-6-5-7-9-12)13(23)16-21-22-17(25-16)26-11-10-19-4;/h12,14,19H,5-11H2,1-4H3,(H,20,24);1H/t14-;/m1./s1. The first-order chi connectivity index (χ1) is 12.3. The van der Waals surface area contributed by atoms with Crippen LogP contribution in [0.4, 0.5) is 0 Å². The molecule has 1 aliphatic rings. The van der Waals surface area contributed by atoms with Gasteiger partial charge in [-0.2, -0.15) is 0 Å². The van der Waals surface area contributed by atoms with E-state index in [0.717, 1.165) is 38.0 Å². The maximum Gasteiger partial charge on any atom is 0.286 e. The molecule has 0 aromatic carbocycles. The van der Waals surface area contributed by atoms with Crippen molar-refractivity contribution < 1.29 is 14.0 Å². The van der Waals surface area contributed by atoms with Crippen molar-refractivity contribution >= 4 is 35.9 Å². The monoisotopic (exact) mass is 418 g/mol. The molecule has 1 amide bonds. The van der Waals surface area contributed by atoms with Crippen LogP contribution in [-0.2, 0) is 4.79 Å². The number of aromatic nitrogens is 2. The van der Waals surface area contributed by atoms with Crippen LogP contribution < -0.4 is 10.6 Å². The number of ketones is 1. The molecule has 1 saturated carbocycles. The average molecular weight is 419 g/mol. The highest BCUT2D eigenvalue weighted by atomic mass is 35.5. The van der Waals surface area contributed by atoms with Crippen LogP contribution in [0.15, 0.2) is 9.64 Å². The lowest BCUT2D eigenvalue weighted by Gasteiger charge is -2.31. The molecule has 0 saturated heterocycles. The molecular weight excluding hydrogens is 388 g/mol. The molecule has 1 fully saturated rings. The van der Waals surface area contributed by atoms with Gasteiger partial charge in [0.05, 0.1) is 0 Å². The highest BCUT2D eigenvalue weighted by Crippen LogP contribution is 2.27. The van der Waals surface area contributed by atoms with Gasteiger partial charge in [0.25, 0.3) is 11.1 Å². The van der Waals surface area contributed by atoms with E-state index in [2.05, 4.69) is 20.8 Å². The number of hydrogen-bond donors (Lipinski definition) is 2. The second-order valence-electron chi connectivity index (χ2n) is 7.83. The van der Waals surface area contributed by atoms with E-state index in [4.69, 9.17) is 4.42 Å². The highest BCUT2D eigenvalue weighted by Gasteiger charge is 2.37. The van der Waals surface area contributed by atoms with Crippen LogP contribution in [0.1, 0.15) is 63.6 Å². The van der Waals surface area contributed by atoms with Gasteiger partial charge in [0.1, 0.15) is 6.04 Å². The van der Waals surface area contributed by atoms with Crippen molar-refractivity contribution in [2.75, 3.05) is 19.3 Å². The van der Waals surface area contributed by atoms with Crippen molar-refractivity contribution in [3.8, 4) is 0 Å². The average Bonchev–Trinajstić information content (AvgIpc) is 3.08. The summed E-state index contributed by atoms with van der Waals surface area (Å²) in [5, 5.41) is 14.2.